The van der Waals surface area contributed by atoms with Crippen LogP contribution in [0.4, 0.5) is 0 Å². The summed E-state index contributed by atoms with van der Waals surface area (Å²) in [5.41, 5.74) is 8.64. The van der Waals surface area contributed by atoms with E-state index >= 15 is 0 Å². The van der Waals surface area contributed by atoms with E-state index in [0.717, 1.165) is 5.56 Å². The fourth-order valence-corrected chi connectivity index (χ4v) is 1.06. The molecule has 3 N–H and O–H groups in total. The molecule has 1 aromatic heterocycles. The number of rotatable bonds is 3. The average Bonchev–Trinajstić information content (AvgIpc) is 2.48. The molecule has 1 rings (SSSR count). The van der Waals surface area contributed by atoms with Gasteiger partial charge in [0.05, 0.1) is 12.8 Å². The predicted molar refractivity (Wildman–Crippen MR) is 51.1 cm³/mol. The number of hydrogen-bond acceptors (Lipinski definition) is 4. The van der Waals surface area contributed by atoms with Crippen molar-refractivity contribution in [2.75, 3.05) is 7.11 Å². The minimum absolute atomic E-state index is 0.144. The van der Waals surface area contributed by atoms with Crippen molar-refractivity contribution in [1.29, 1.82) is 0 Å². The van der Waals surface area contributed by atoms with Crippen LogP contribution in [-0.2, 0) is 4.84 Å². The summed E-state index contributed by atoms with van der Waals surface area (Å²) in [5, 5.41) is 0. The molecule has 76 valence electrons. The molecular weight excluding hydrogens is 184 g/mol. The summed E-state index contributed by atoms with van der Waals surface area (Å²) in [7, 11) is 1.34. The van der Waals surface area contributed by atoms with Crippen molar-refractivity contribution in [1.82, 2.24) is 5.48 Å². The summed E-state index contributed by atoms with van der Waals surface area (Å²) >= 11 is 0. The Morgan fingerprint density at radius 3 is 2.79 bits per heavy atom. The highest BCUT2D eigenvalue weighted by molar-refractivity contribution is 5.91. The summed E-state index contributed by atoms with van der Waals surface area (Å²) in [5.74, 6) is 0.111. The number of aryl methyl sites for hydroxylation is 1. The first kappa shape index (κ1) is 10.3. The zero-order chi connectivity index (χ0) is 10.7. The maximum atomic E-state index is 11.2. The van der Waals surface area contributed by atoms with Gasteiger partial charge in [0, 0.05) is 0 Å². The van der Waals surface area contributed by atoms with Gasteiger partial charge in [-0.2, -0.15) is 0 Å². The summed E-state index contributed by atoms with van der Waals surface area (Å²) in [6.45, 7) is 5.30. The molecule has 0 saturated heterocycles. The Morgan fingerprint density at radius 2 is 2.36 bits per heavy atom. The molecule has 0 bridgehead atoms. The molecule has 0 aliphatic carbocycles. The maximum Gasteiger partial charge on any atom is 0.310 e. The van der Waals surface area contributed by atoms with E-state index in [-0.39, 0.29) is 5.76 Å². The molecule has 1 heterocycles. The third kappa shape index (κ3) is 1.94. The quantitative estimate of drug-likeness (QED) is 0.701. The minimum atomic E-state index is -0.455. The van der Waals surface area contributed by atoms with Crippen molar-refractivity contribution in [3.05, 3.63) is 29.7 Å². The van der Waals surface area contributed by atoms with Gasteiger partial charge in [-0.15, -0.1) is 0 Å². The summed E-state index contributed by atoms with van der Waals surface area (Å²) in [6, 6.07) is 1.57. The molecule has 0 aliphatic heterocycles. The lowest BCUT2D eigenvalue weighted by Gasteiger charge is -1.97. The number of hydrogen-bond donors (Lipinski definition) is 2. The Hall–Kier alpha value is -1.75. The first-order valence-corrected chi connectivity index (χ1v) is 3.94. The second-order valence-corrected chi connectivity index (χ2v) is 2.78. The van der Waals surface area contributed by atoms with E-state index in [1.165, 1.54) is 7.11 Å². The van der Waals surface area contributed by atoms with Crippen molar-refractivity contribution in [3.8, 4) is 0 Å². The van der Waals surface area contributed by atoms with Crippen molar-refractivity contribution in [2.45, 2.75) is 6.92 Å². The molecule has 0 unspecified atom stereocenters. The van der Waals surface area contributed by atoms with Crippen LogP contribution in [0.15, 0.2) is 17.1 Å². The fourth-order valence-electron chi connectivity index (χ4n) is 1.06. The standard InChI is InChI=1S/C9H12N2O3/c1-5-4-7(9(12)11-13-3)14-8(5)6(2)10/h4H,2,10H2,1,3H3,(H,11,12). The number of carbonyl (C=O) groups is 1. The second kappa shape index (κ2) is 3.97. The molecule has 0 atom stereocenters. The number of hydroxylamine groups is 1. The third-order valence-electron chi connectivity index (χ3n) is 1.63. The van der Waals surface area contributed by atoms with Crippen molar-refractivity contribution >= 4 is 11.6 Å². The Labute approximate surface area is 81.5 Å². The van der Waals surface area contributed by atoms with Gasteiger partial charge in [-0.25, -0.2) is 5.48 Å². The Balaban J connectivity index is 2.96. The van der Waals surface area contributed by atoms with Crippen LogP contribution in [0, 0.1) is 6.92 Å². The molecule has 0 aromatic carbocycles. The number of furan rings is 1. The Bertz CT molecular complexity index is 368. The van der Waals surface area contributed by atoms with Crippen LogP contribution in [0.2, 0.25) is 0 Å². The molecule has 0 radical (unpaired) electrons. The van der Waals surface area contributed by atoms with Gasteiger partial charge in [-0.1, -0.05) is 6.58 Å². The van der Waals surface area contributed by atoms with E-state index in [2.05, 4.69) is 16.9 Å². The first-order valence-electron chi connectivity index (χ1n) is 3.94. The zero-order valence-corrected chi connectivity index (χ0v) is 8.09. The van der Waals surface area contributed by atoms with Gasteiger partial charge < -0.3 is 10.2 Å². The van der Waals surface area contributed by atoms with Crippen molar-refractivity contribution in [3.63, 3.8) is 0 Å². The molecule has 5 nitrogen and oxygen atoms in total. The Kier molecular flexibility index (Phi) is 2.93. The molecule has 1 aromatic rings. The highest BCUT2D eigenvalue weighted by atomic mass is 16.6. The van der Waals surface area contributed by atoms with Crippen LogP contribution in [0.1, 0.15) is 21.9 Å². The second-order valence-electron chi connectivity index (χ2n) is 2.78. The molecule has 0 spiro atoms. The first-order chi connectivity index (χ1) is 6.56. The maximum absolute atomic E-state index is 11.2. The summed E-state index contributed by atoms with van der Waals surface area (Å²) in [4.78, 5) is 15.7. The van der Waals surface area contributed by atoms with Crippen LogP contribution >= 0.6 is 0 Å². The van der Waals surface area contributed by atoms with Crippen LogP contribution < -0.4 is 11.2 Å². The molecule has 0 fully saturated rings. The Morgan fingerprint density at radius 1 is 1.71 bits per heavy atom. The number of nitrogens with one attached hydrogen (secondary N) is 1. The molecule has 5 heteroatoms. The highest BCUT2D eigenvalue weighted by Gasteiger charge is 2.14. The molecule has 0 saturated carbocycles. The highest BCUT2D eigenvalue weighted by Crippen LogP contribution is 2.18. The number of nitrogens with two attached hydrogens (primary N) is 1. The summed E-state index contributed by atoms with van der Waals surface area (Å²) in [6.07, 6.45) is 0. The van der Waals surface area contributed by atoms with E-state index < -0.39 is 5.91 Å². The molecule has 0 aliphatic rings. The molecular formula is C9H12N2O3. The van der Waals surface area contributed by atoms with Crippen LogP contribution in [-0.4, -0.2) is 13.0 Å². The van der Waals surface area contributed by atoms with E-state index in [0.29, 0.717) is 11.5 Å². The largest absolute Gasteiger partial charge is 0.449 e. The van der Waals surface area contributed by atoms with Gasteiger partial charge in [0.2, 0.25) is 0 Å². The average molecular weight is 196 g/mol. The van der Waals surface area contributed by atoms with Gasteiger partial charge in [0.1, 0.15) is 0 Å². The number of amides is 1. The van der Waals surface area contributed by atoms with Crippen molar-refractivity contribution < 1.29 is 14.0 Å². The van der Waals surface area contributed by atoms with Crippen LogP contribution in [0.5, 0.6) is 0 Å². The fraction of sp³-hybridized carbons (Fsp3) is 0.222. The lowest BCUT2D eigenvalue weighted by atomic mass is 10.2. The van der Waals surface area contributed by atoms with Crippen LogP contribution in [0.3, 0.4) is 0 Å². The number of carbonyl (C=O) groups excluding carboxylic acids is 1. The minimum Gasteiger partial charge on any atom is -0.449 e. The van der Waals surface area contributed by atoms with Gasteiger partial charge >= 0.3 is 5.91 Å². The summed E-state index contributed by atoms with van der Waals surface area (Å²) < 4.78 is 5.17. The zero-order valence-electron chi connectivity index (χ0n) is 8.09. The van der Waals surface area contributed by atoms with E-state index in [9.17, 15) is 4.79 Å². The van der Waals surface area contributed by atoms with Gasteiger partial charge in [0.15, 0.2) is 11.5 Å². The van der Waals surface area contributed by atoms with E-state index in [4.69, 9.17) is 10.2 Å². The third-order valence-corrected chi connectivity index (χ3v) is 1.63. The SMILES string of the molecule is C=C(N)c1oc(C(=O)NOC)cc1C. The van der Waals surface area contributed by atoms with E-state index in [1.807, 2.05) is 0 Å². The van der Waals surface area contributed by atoms with Gasteiger partial charge in [-0.3, -0.25) is 9.63 Å². The normalized spacial score (nSPS) is 9.86. The van der Waals surface area contributed by atoms with Gasteiger partial charge in [-0.05, 0) is 18.6 Å². The molecule has 1 amide bonds. The van der Waals surface area contributed by atoms with Crippen molar-refractivity contribution in [2.24, 2.45) is 5.73 Å². The van der Waals surface area contributed by atoms with Gasteiger partial charge in [0.25, 0.3) is 0 Å². The predicted octanol–water partition coefficient (Wildman–Crippen LogP) is 0.809. The van der Waals surface area contributed by atoms with E-state index in [1.54, 1.807) is 13.0 Å². The molecule has 14 heavy (non-hydrogen) atoms. The lowest BCUT2D eigenvalue weighted by Crippen LogP contribution is -2.21. The topological polar surface area (TPSA) is 77.5 Å². The van der Waals surface area contributed by atoms with Crippen LogP contribution in [0.25, 0.3) is 5.70 Å². The monoisotopic (exact) mass is 196 g/mol. The lowest BCUT2D eigenvalue weighted by molar-refractivity contribution is 0.0509. The smallest absolute Gasteiger partial charge is 0.310 e.